The summed E-state index contributed by atoms with van der Waals surface area (Å²) in [6.07, 6.45) is 1.63. The van der Waals surface area contributed by atoms with Gasteiger partial charge in [-0.1, -0.05) is 6.58 Å². The van der Waals surface area contributed by atoms with Crippen molar-refractivity contribution in [1.82, 2.24) is 0 Å². The van der Waals surface area contributed by atoms with Crippen LogP contribution in [-0.4, -0.2) is 42.7 Å². The third-order valence-electron chi connectivity index (χ3n) is 1.95. The highest BCUT2D eigenvalue weighted by atomic mass is 28.4. The van der Waals surface area contributed by atoms with Gasteiger partial charge in [0.1, 0.15) is 0 Å². The molecule has 0 aromatic carbocycles. The lowest BCUT2D eigenvalue weighted by molar-refractivity contribution is -0.267. The fourth-order valence-corrected chi connectivity index (χ4v) is 2.73. The van der Waals surface area contributed by atoms with Crippen LogP contribution in [0.1, 0.15) is 6.42 Å². The molecule has 0 atom stereocenters. The van der Waals surface area contributed by atoms with Crippen LogP contribution in [0.2, 0.25) is 6.04 Å². The quantitative estimate of drug-likeness (QED) is 0.199. The molecule has 0 saturated carbocycles. The lowest BCUT2D eigenvalue weighted by Gasteiger charge is -2.23. The van der Waals surface area contributed by atoms with Gasteiger partial charge in [-0.05, 0) is 6.42 Å². The average Bonchev–Trinajstić information content (AvgIpc) is 2.34. The third-order valence-corrected chi connectivity index (χ3v) is 4.78. The summed E-state index contributed by atoms with van der Waals surface area (Å²) in [7, 11) is 2.07. The van der Waals surface area contributed by atoms with Crippen molar-refractivity contribution >= 4 is 14.8 Å². The van der Waals surface area contributed by atoms with Gasteiger partial charge in [-0.3, -0.25) is 4.89 Å². The maximum Gasteiger partial charge on any atom is 0.500 e. The van der Waals surface area contributed by atoms with E-state index in [0.29, 0.717) is 12.5 Å². The number of carbonyl (C=O) groups excluding carboxylic acids is 1. The van der Waals surface area contributed by atoms with Gasteiger partial charge >= 0.3 is 14.8 Å². The van der Waals surface area contributed by atoms with Crippen molar-refractivity contribution < 1.29 is 27.8 Å². The van der Waals surface area contributed by atoms with Gasteiger partial charge < -0.3 is 13.3 Å². The Morgan fingerprint density at radius 1 is 1.25 bits per heavy atom. The van der Waals surface area contributed by atoms with Crippen molar-refractivity contribution in [2.24, 2.45) is 0 Å². The van der Waals surface area contributed by atoms with E-state index in [9.17, 15) is 4.79 Å². The van der Waals surface area contributed by atoms with Gasteiger partial charge in [0.15, 0.2) is 0 Å². The summed E-state index contributed by atoms with van der Waals surface area (Å²) in [5.74, 6) is -0.617. The molecular weight excluding hydrogens is 232 g/mol. The summed E-state index contributed by atoms with van der Waals surface area (Å²) in [6.45, 7) is 3.49. The van der Waals surface area contributed by atoms with Crippen LogP contribution >= 0.6 is 0 Å². The first-order valence-corrected chi connectivity index (χ1v) is 6.68. The van der Waals surface area contributed by atoms with Crippen molar-refractivity contribution in [3.05, 3.63) is 12.7 Å². The van der Waals surface area contributed by atoms with Gasteiger partial charge in [-0.2, -0.15) is 4.89 Å². The summed E-state index contributed by atoms with van der Waals surface area (Å²) < 4.78 is 15.6. The molecule has 0 fully saturated rings. The minimum absolute atomic E-state index is 0.254. The molecule has 0 radical (unpaired) electrons. The maximum absolute atomic E-state index is 10.6. The Morgan fingerprint density at radius 3 is 2.25 bits per heavy atom. The van der Waals surface area contributed by atoms with E-state index in [-0.39, 0.29) is 6.61 Å². The summed E-state index contributed by atoms with van der Waals surface area (Å²) in [5.41, 5.74) is 0. The van der Waals surface area contributed by atoms with Crippen molar-refractivity contribution in [2.75, 3.05) is 27.9 Å². The second-order valence-electron chi connectivity index (χ2n) is 2.83. The minimum Gasteiger partial charge on any atom is -0.377 e. The van der Waals surface area contributed by atoms with Crippen LogP contribution in [0.25, 0.3) is 0 Å². The molecule has 0 aliphatic rings. The molecule has 0 amide bonds. The van der Waals surface area contributed by atoms with E-state index >= 15 is 0 Å². The topological polar surface area (TPSA) is 63.2 Å². The third kappa shape index (κ3) is 5.38. The number of rotatable bonds is 9. The first-order valence-electron chi connectivity index (χ1n) is 4.75. The normalized spacial score (nSPS) is 11.2. The highest BCUT2D eigenvalue weighted by Gasteiger charge is 2.36. The van der Waals surface area contributed by atoms with E-state index in [4.69, 9.17) is 13.3 Å². The second kappa shape index (κ2) is 8.42. The molecule has 0 aliphatic heterocycles. The Labute approximate surface area is 96.4 Å². The molecule has 7 heteroatoms. The molecule has 0 rings (SSSR count). The van der Waals surface area contributed by atoms with Crippen LogP contribution < -0.4 is 0 Å². The van der Waals surface area contributed by atoms with Crippen LogP contribution in [0, 0.1) is 0 Å². The summed E-state index contributed by atoms with van der Waals surface area (Å²) in [4.78, 5) is 19.6. The van der Waals surface area contributed by atoms with Crippen LogP contribution in [0.5, 0.6) is 0 Å². The first-order chi connectivity index (χ1) is 7.64. The zero-order chi connectivity index (χ0) is 12.4. The number of hydrogen-bond acceptors (Lipinski definition) is 6. The SMILES string of the molecule is C=CC(=O)OOCCC[Si](OC)(OC)OC. The van der Waals surface area contributed by atoms with Crippen LogP contribution in [-0.2, 0) is 27.8 Å². The van der Waals surface area contributed by atoms with Crippen LogP contribution in [0.4, 0.5) is 0 Å². The van der Waals surface area contributed by atoms with Gasteiger partial charge in [0.2, 0.25) is 0 Å². The summed E-state index contributed by atoms with van der Waals surface area (Å²) in [6, 6.07) is 0.585. The Morgan fingerprint density at radius 2 is 1.81 bits per heavy atom. The number of carbonyl (C=O) groups is 1. The van der Waals surface area contributed by atoms with E-state index in [1.165, 1.54) is 21.3 Å². The van der Waals surface area contributed by atoms with Crippen molar-refractivity contribution in [3.8, 4) is 0 Å². The van der Waals surface area contributed by atoms with Gasteiger partial charge in [-0.25, -0.2) is 4.79 Å². The number of hydrogen-bond donors (Lipinski definition) is 0. The Kier molecular flexibility index (Phi) is 8.04. The van der Waals surface area contributed by atoms with E-state index in [0.717, 1.165) is 6.08 Å². The fourth-order valence-electron chi connectivity index (χ4n) is 1.04. The van der Waals surface area contributed by atoms with Crippen LogP contribution in [0.3, 0.4) is 0 Å². The van der Waals surface area contributed by atoms with Crippen molar-refractivity contribution in [1.29, 1.82) is 0 Å². The zero-order valence-electron chi connectivity index (χ0n) is 9.86. The predicted octanol–water partition coefficient (Wildman–Crippen LogP) is 0.915. The zero-order valence-corrected chi connectivity index (χ0v) is 10.9. The fraction of sp³-hybridized carbons (Fsp3) is 0.667. The Bertz CT molecular complexity index is 208. The van der Waals surface area contributed by atoms with Crippen molar-refractivity contribution in [3.63, 3.8) is 0 Å². The highest BCUT2D eigenvalue weighted by Crippen LogP contribution is 2.14. The van der Waals surface area contributed by atoms with E-state index in [1.54, 1.807) is 0 Å². The smallest absolute Gasteiger partial charge is 0.377 e. The Balaban J connectivity index is 3.71. The molecule has 0 spiro atoms. The molecule has 16 heavy (non-hydrogen) atoms. The predicted molar refractivity (Wildman–Crippen MR) is 58.4 cm³/mol. The van der Waals surface area contributed by atoms with Gasteiger partial charge in [0, 0.05) is 33.4 Å². The molecule has 0 aliphatic carbocycles. The monoisotopic (exact) mass is 250 g/mol. The lowest BCUT2D eigenvalue weighted by atomic mass is 10.5. The molecule has 0 aromatic rings. The molecular formula is C9H18O6Si. The van der Waals surface area contributed by atoms with E-state index in [2.05, 4.69) is 16.4 Å². The molecule has 0 saturated heterocycles. The molecule has 0 heterocycles. The van der Waals surface area contributed by atoms with Crippen LogP contribution in [0.15, 0.2) is 12.7 Å². The molecule has 94 valence electrons. The first kappa shape index (κ1) is 15.3. The highest BCUT2D eigenvalue weighted by molar-refractivity contribution is 6.60. The van der Waals surface area contributed by atoms with Gasteiger partial charge in [0.05, 0.1) is 6.61 Å². The largest absolute Gasteiger partial charge is 0.500 e. The summed E-state index contributed by atoms with van der Waals surface area (Å²) >= 11 is 0. The second-order valence-corrected chi connectivity index (χ2v) is 5.92. The molecule has 0 aromatic heterocycles. The average molecular weight is 250 g/mol. The summed E-state index contributed by atoms with van der Waals surface area (Å²) in [5, 5.41) is 0. The van der Waals surface area contributed by atoms with Crippen molar-refractivity contribution in [2.45, 2.75) is 12.5 Å². The standard InChI is InChI=1S/C9H18O6Si/c1-5-9(10)15-14-7-6-8-16(11-2,12-3)13-4/h5H,1,6-8H2,2-4H3. The Hall–Kier alpha value is -0.733. The molecule has 0 unspecified atom stereocenters. The molecule has 0 bridgehead atoms. The van der Waals surface area contributed by atoms with E-state index < -0.39 is 14.8 Å². The molecule has 6 nitrogen and oxygen atoms in total. The maximum atomic E-state index is 10.6. The van der Waals surface area contributed by atoms with Gasteiger partial charge in [0.25, 0.3) is 0 Å². The van der Waals surface area contributed by atoms with E-state index in [1.807, 2.05) is 0 Å². The minimum atomic E-state index is -2.54. The van der Waals surface area contributed by atoms with Gasteiger partial charge in [-0.15, -0.1) is 0 Å². The molecule has 0 N–H and O–H groups in total. The lowest BCUT2D eigenvalue weighted by Crippen LogP contribution is -2.42.